The maximum Gasteiger partial charge on any atom is 0.147 e. The molecule has 3 rings (SSSR count). The van der Waals surface area contributed by atoms with Crippen LogP contribution in [0.2, 0.25) is 0 Å². The van der Waals surface area contributed by atoms with Crippen molar-refractivity contribution in [3.05, 3.63) is 87.3 Å². The molecule has 0 saturated carbocycles. The van der Waals surface area contributed by atoms with Gasteiger partial charge in [0.25, 0.3) is 0 Å². The predicted octanol–water partition coefficient (Wildman–Crippen LogP) is 5.43. The molecular formula is C19H15Br2O2P. The second kappa shape index (κ2) is 7.26. The van der Waals surface area contributed by atoms with E-state index in [2.05, 4.69) is 31.9 Å². The van der Waals surface area contributed by atoms with Crippen molar-refractivity contribution < 1.29 is 9.67 Å². The number of phenolic OH excluding ortho intramolecular Hbond substituents is 1. The molecule has 0 bridgehead atoms. The van der Waals surface area contributed by atoms with E-state index in [1.165, 1.54) is 0 Å². The number of aromatic hydroxyl groups is 1. The van der Waals surface area contributed by atoms with Gasteiger partial charge in [0.05, 0.1) is 4.47 Å². The van der Waals surface area contributed by atoms with Crippen LogP contribution in [0, 0.1) is 0 Å². The minimum atomic E-state index is -2.91. The molecule has 0 aliphatic rings. The monoisotopic (exact) mass is 464 g/mol. The van der Waals surface area contributed by atoms with E-state index < -0.39 is 7.14 Å². The number of benzene rings is 3. The van der Waals surface area contributed by atoms with Crippen LogP contribution in [0.3, 0.4) is 0 Å². The summed E-state index contributed by atoms with van der Waals surface area (Å²) in [5.41, 5.74) is 0.646. The predicted molar refractivity (Wildman–Crippen MR) is 107 cm³/mol. The van der Waals surface area contributed by atoms with E-state index in [1.54, 1.807) is 6.07 Å². The lowest BCUT2D eigenvalue weighted by molar-refractivity contribution is 0.466. The molecule has 0 aliphatic carbocycles. The third-order valence-electron chi connectivity index (χ3n) is 3.85. The zero-order valence-corrected chi connectivity index (χ0v) is 16.8. The zero-order valence-electron chi connectivity index (χ0n) is 12.7. The third-order valence-corrected chi connectivity index (χ3v) is 7.96. The van der Waals surface area contributed by atoms with Gasteiger partial charge in [-0.1, -0.05) is 76.6 Å². The van der Waals surface area contributed by atoms with Gasteiger partial charge < -0.3 is 9.67 Å². The van der Waals surface area contributed by atoms with Gasteiger partial charge >= 0.3 is 0 Å². The van der Waals surface area contributed by atoms with Gasteiger partial charge in [0.1, 0.15) is 12.9 Å². The highest BCUT2D eigenvalue weighted by Crippen LogP contribution is 2.49. The molecule has 3 aromatic carbocycles. The summed E-state index contributed by atoms with van der Waals surface area (Å²) in [4.78, 5) is 0. The van der Waals surface area contributed by atoms with Crippen molar-refractivity contribution in [3.63, 3.8) is 0 Å². The van der Waals surface area contributed by atoms with Gasteiger partial charge in [-0.25, -0.2) is 0 Å². The first kappa shape index (κ1) is 17.5. The first-order valence-electron chi connectivity index (χ1n) is 7.38. The Kier molecular flexibility index (Phi) is 5.29. The van der Waals surface area contributed by atoms with Gasteiger partial charge in [-0.15, -0.1) is 0 Å². The summed E-state index contributed by atoms with van der Waals surface area (Å²) >= 11 is 6.78. The van der Waals surface area contributed by atoms with Crippen molar-refractivity contribution in [2.24, 2.45) is 0 Å². The number of halogens is 2. The SMILES string of the molecule is O=P(Cc1cc(Br)cc(Br)c1O)(c1ccccc1)c1ccccc1. The Labute approximate surface area is 158 Å². The Morgan fingerprint density at radius 3 is 1.83 bits per heavy atom. The largest absolute Gasteiger partial charge is 0.506 e. The molecule has 0 aromatic heterocycles. The van der Waals surface area contributed by atoms with Crippen molar-refractivity contribution in [3.8, 4) is 5.75 Å². The first-order chi connectivity index (χ1) is 11.5. The van der Waals surface area contributed by atoms with Crippen LogP contribution in [0.1, 0.15) is 5.56 Å². The van der Waals surface area contributed by atoms with Crippen LogP contribution in [0.5, 0.6) is 5.75 Å². The summed E-state index contributed by atoms with van der Waals surface area (Å²) in [5, 5.41) is 12.0. The van der Waals surface area contributed by atoms with E-state index in [1.807, 2.05) is 66.7 Å². The van der Waals surface area contributed by atoms with Crippen LogP contribution in [-0.4, -0.2) is 5.11 Å². The molecule has 0 fully saturated rings. The fourth-order valence-corrected chi connectivity index (χ4v) is 6.65. The quantitative estimate of drug-likeness (QED) is 0.521. The Bertz CT molecular complexity index is 853. The number of rotatable bonds is 4. The molecule has 0 amide bonds. The summed E-state index contributed by atoms with van der Waals surface area (Å²) in [6.45, 7) is 0. The van der Waals surface area contributed by atoms with Crippen molar-refractivity contribution in [1.82, 2.24) is 0 Å². The molecule has 1 N–H and O–H groups in total. The smallest absolute Gasteiger partial charge is 0.147 e. The van der Waals surface area contributed by atoms with E-state index >= 15 is 0 Å². The van der Waals surface area contributed by atoms with Crippen LogP contribution < -0.4 is 10.6 Å². The molecular weight excluding hydrogens is 451 g/mol. The fourth-order valence-electron chi connectivity index (χ4n) is 2.65. The fraction of sp³-hybridized carbons (Fsp3) is 0.0526. The van der Waals surface area contributed by atoms with Gasteiger partial charge in [-0.05, 0) is 28.1 Å². The lowest BCUT2D eigenvalue weighted by atomic mass is 10.2. The van der Waals surface area contributed by atoms with Crippen LogP contribution in [0.15, 0.2) is 81.7 Å². The molecule has 0 spiro atoms. The molecule has 3 aromatic rings. The molecule has 5 heteroatoms. The first-order valence-corrected chi connectivity index (χ1v) is 10.9. The van der Waals surface area contributed by atoms with Gasteiger partial charge in [0.15, 0.2) is 0 Å². The summed E-state index contributed by atoms with van der Waals surface area (Å²) in [6.07, 6.45) is 0.255. The Morgan fingerprint density at radius 2 is 1.33 bits per heavy atom. The maximum atomic E-state index is 14.0. The molecule has 0 aliphatic heterocycles. The molecule has 122 valence electrons. The van der Waals surface area contributed by atoms with Gasteiger partial charge in [0.2, 0.25) is 0 Å². The number of phenols is 1. The van der Waals surface area contributed by atoms with Crippen LogP contribution in [0.4, 0.5) is 0 Å². The van der Waals surface area contributed by atoms with Crippen molar-refractivity contribution in [2.45, 2.75) is 6.16 Å². The highest BCUT2D eigenvalue weighted by Gasteiger charge is 2.29. The van der Waals surface area contributed by atoms with Gasteiger partial charge in [-0.2, -0.15) is 0 Å². The second-order valence-corrected chi connectivity index (χ2v) is 10.1. The second-order valence-electron chi connectivity index (χ2n) is 5.46. The van der Waals surface area contributed by atoms with Gasteiger partial charge in [-0.3, -0.25) is 0 Å². The van der Waals surface area contributed by atoms with Crippen LogP contribution in [0.25, 0.3) is 0 Å². The number of hydrogen-bond donors (Lipinski definition) is 1. The van der Waals surface area contributed by atoms with E-state index in [-0.39, 0.29) is 11.9 Å². The average Bonchev–Trinajstić information content (AvgIpc) is 2.60. The molecule has 0 unspecified atom stereocenters. The highest BCUT2D eigenvalue weighted by atomic mass is 79.9. The summed E-state index contributed by atoms with van der Waals surface area (Å²) < 4.78 is 15.4. The molecule has 0 radical (unpaired) electrons. The highest BCUT2D eigenvalue weighted by molar-refractivity contribution is 9.11. The minimum absolute atomic E-state index is 0.130. The molecule has 0 heterocycles. The maximum absolute atomic E-state index is 14.0. The standard InChI is InChI=1S/C19H15Br2O2P/c20-15-11-14(19(22)18(21)12-15)13-24(23,16-7-3-1-4-8-16)17-9-5-2-6-10-17/h1-12,22H,13H2. The lowest BCUT2D eigenvalue weighted by Crippen LogP contribution is -2.17. The Balaban J connectivity index is 2.16. The van der Waals surface area contributed by atoms with E-state index in [9.17, 15) is 9.67 Å². The molecule has 0 atom stereocenters. The Hall–Kier alpha value is -1.35. The number of hydrogen-bond acceptors (Lipinski definition) is 2. The summed E-state index contributed by atoms with van der Waals surface area (Å²) in [5.74, 6) is 0.130. The third kappa shape index (κ3) is 3.51. The summed E-state index contributed by atoms with van der Waals surface area (Å²) in [6, 6.07) is 22.5. The minimum Gasteiger partial charge on any atom is -0.506 e. The van der Waals surface area contributed by atoms with Gasteiger partial charge in [0, 0.05) is 26.8 Å². The molecule has 2 nitrogen and oxygen atoms in total. The van der Waals surface area contributed by atoms with Crippen molar-refractivity contribution in [1.29, 1.82) is 0 Å². The Morgan fingerprint density at radius 1 is 0.833 bits per heavy atom. The van der Waals surface area contributed by atoms with Crippen molar-refractivity contribution >= 4 is 49.6 Å². The zero-order chi connectivity index (χ0) is 17.2. The lowest BCUT2D eigenvalue weighted by Gasteiger charge is -2.20. The topological polar surface area (TPSA) is 37.3 Å². The van der Waals surface area contributed by atoms with E-state index in [4.69, 9.17) is 0 Å². The summed E-state index contributed by atoms with van der Waals surface area (Å²) in [7, 11) is -2.91. The van der Waals surface area contributed by atoms with Crippen LogP contribution in [-0.2, 0) is 10.7 Å². The normalized spacial score (nSPS) is 11.4. The average molecular weight is 466 g/mol. The van der Waals surface area contributed by atoms with Crippen LogP contribution >= 0.6 is 39.0 Å². The van der Waals surface area contributed by atoms with E-state index in [0.717, 1.165) is 15.1 Å². The van der Waals surface area contributed by atoms with Crippen molar-refractivity contribution in [2.75, 3.05) is 0 Å². The molecule has 0 saturated heterocycles. The van der Waals surface area contributed by atoms with E-state index in [0.29, 0.717) is 10.0 Å². The molecule has 24 heavy (non-hydrogen) atoms.